The van der Waals surface area contributed by atoms with Crippen LogP contribution in [0.15, 0.2) is 77.7 Å². The van der Waals surface area contributed by atoms with Gasteiger partial charge in [0.15, 0.2) is 0 Å². The van der Waals surface area contributed by atoms with Gasteiger partial charge in [0.2, 0.25) is 0 Å². The van der Waals surface area contributed by atoms with E-state index in [1.165, 1.54) is 17.4 Å². The van der Waals surface area contributed by atoms with Crippen molar-refractivity contribution in [1.29, 1.82) is 0 Å². The standard InChI is InChI=1S/C21H18ClNO4S/c1-15-6-12-20(13-7-15)28(25,26)23(2)18-8-10-19(11-9-18)27-21(24)16-4-3-5-17(22)14-16/h3-14H,1-2H3. The Bertz CT molecular complexity index is 1090. The first-order valence-electron chi connectivity index (χ1n) is 8.41. The number of carbonyl (C=O) groups is 1. The van der Waals surface area contributed by atoms with E-state index in [0.717, 1.165) is 5.56 Å². The molecular formula is C21H18ClNO4S. The summed E-state index contributed by atoms with van der Waals surface area (Å²) in [4.78, 5) is 12.4. The summed E-state index contributed by atoms with van der Waals surface area (Å²) in [5, 5.41) is 0.438. The van der Waals surface area contributed by atoms with Gasteiger partial charge in [-0.2, -0.15) is 0 Å². The minimum atomic E-state index is -3.68. The summed E-state index contributed by atoms with van der Waals surface area (Å²) in [6.07, 6.45) is 0. The predicted molar refractivity (Wildman–Crippen MR) is 110 cm³/mol. The Hall–Kier alpha value is -2.83. The van der Waals surface area contributed by atoms with Gasteiger partial charge in [-0.3, -0.25) is 4.31 Å². The molecule has 0 bridgehead atoms. The lowest BCUT2D eigenvalue weighted by molar-refractivity contribution is 0.0734. The first-order valence-corrected chi connectivity index (χ1v) is 10.2. The van der Waals surface area contributed by atoms with Crippen molar-refractivity contribution in [3.8, 4) is 5.75 Å². The van der Waals surface area contributed by atoms with Crippen LogP contribution in [0.25, 0.3) is 0 Å². The third-order valence-corrected chi connectivity index (χ3v) is 6.19. The number of aryl methyl sites for hydroxylation is 1. The fourth-order valence-electron chi connectivity index (χ4n) is 2.51. The predicted octanol–water partition coefficient (Wildman–Crippen LogP) is 4.69. The molecule has 0 fully saturated rings. The van der Waals surface area contributed by atoms with Crippen molar-refractivity contribution in [2.45, 2.75) is 11.8 Å². The molecule has 3 rings (SSSR count). The quantitative estimate of drug-likeness (QED) is 0.448. The van der Waals surface area contributed by atoms with E-state index >= 15 is 0 Å². The van der Waals surface area contributed by atoms with Crippen molar-refractivity contribution < 1.29 is 17.9 Å². The molecule has 7 heteroatoms. The maximum Gasteiger partial charge on any atom is 0.343 e. The van der Waals surface area contributed by atoms with E-state index in [1.54, 1.807) is 66.7 Å². The first-order chi connectivity index (χ1) is 13.3. The van der Waals surface area contributed by atoms with Gasteiger partial charge in [-0.15, -0.1) is 0 Å². The van der Waals surface area contributed by atoms with Gasteiger partial charge in [0.05, 0.1) is 16.1 Å². The van der Waals surface area contributed by atoms with Crippen molar-refractivity contribution in [1.82, 2.24) is 0 Å². The molecule has 28 heavy (non-hydrogen) atoms. The highest BCUT2D eigenvalue weighted by Gasteiger charge is 2.21. The third kappa shape index (κ3) is 4.35. The Kier molecular flexibility index (Phi) is 5.72. The molecule has 0 amide bonds. The molecular weight excluding hydrogens is 398 g/mol. The zero-order valence-electron chi connectivity index (χ0n) is 15.3. The summed E-state index contributed by atoms with van der Waals surface area (Å²) in [6.45, 7) is 1.89. The number of benzene rings is 3. The van der Waals surface area contributed by atoms with E-state index in [9.17, 15) is 13.2 Å². The number of ether oxygens (including phenoxy) is 1. The molecule has 0 saturated heterocycles. The molecule has 0 aliphatic carbocycles. The minimum Gasteiger partial charge on any atom is -0.423 e. The normalized spacial score (nSPS) is 11.1. The second-order valence-electron chi connectivity index (χ2n) is 6.18. The van der Waals surface area contributed by atoms with Crippen molar-refractivity contribution in [3.05, 3.63) is 88.9 Å². The number of esters is 1. The van der Waals surface area contributed by atoms with E-state index in [0.29, 0.717) is 22.0 Å². The third-order valence-electron chi connectivity index (χ3n) is 4.15. The highest BCUT2D eigenvalue weighted by molar-refractivity contribution is 7.92. The Labute approximate surface area is 169 Å². The van der Waals surface area contributed by atoms with Gasteiger partial charge in [-0.05, 0) is 61.5 Å². The van der Waals surface area contributed by atoms with Gasteiger partial charge in [-0.1, -0.05) is 35.4 Å². The van der Waals surface area contributed by atoms with E-state index < -0.39 is 16.0 Å². The number of hydrogen-bond acceptors (Lipinski definition) is 4. The number of sulfonamides is 1. The molecule has 0 saturated carbocycles. The van der Waals surface area contributed by atoms with Gasteiger partial charge in [0.25, 0.3) is 10.0 Å². The lowest BCUT2D eigenvalue weighted by Gasteiger charge is -2.20. The molecule has 0 aliphatic heterocycles. The SMILES string of the molecule is Cc1ccc(S(=O)(=O)N(C)c2ccc(OC(=O)c3cccc(Cl)c3)cc2)cc1. The molecule has 0 heterocycles. The van der Waals surface area contributed by atoms with Gasteiger partial charge in [0.1, 0.15) is 5.75 Å². The number of carbonyl (C=O) groups excluding carboxylic acids is 1. The Morgan fingerprint density at radius 1 is 0.964 bits per heavy atom. The van der Waals surface area contributed by atoms with Crippen molar-refractivity contribution >= 4 is 33.3 Å². The number of anilines is 1. The second-order valence-corrected chi connectivity index (χ2v) is 8.59. The van der Waals surface area contributed by atoms with E-state index in [2.05, 4.69) is 0 Å². The van der Waals surface area contributed by atoms with Crippen LogP contribution in [-0.4, -0.2) is 21.4 Å². The molecule has 5 nitrogen and oxygen atoms in total. The summed E-state index contributed by atoms with van der Waals surface area (Å²) < 4.78 is 32.0. The molecule has 0 aromatic heterocycles. The Morgan fingerprint density at radius 3 is 2.21 bits per heavy atom. The number of hydrogen-bond donors (Lipinski definition) is 0. The van der Waals surface area contributed by atoms with Crippen LogP contribution < -0.4 is 9.04 Å². The van der Waals surface area contributed by atoms with E-state index in [1.807, 2.05) is 6.92 Å². The maximum absolute atomic E-state index is 12.8. The highest BCUT2D eigenvalue weighted by atomic mass is 35.5. The summed E-state index contributed by atoms with van der Waals surface area (Å²) in [5.41, 5.74) is 1.76. The van der Waals surface area contributed by atoms with Crippen LogP contribution in [0.2, 0.25) is 5.02 Å². The lowest BCUT2D eigenvalue weighted by atomic mass is 10.2. The average molecular weight is 416 g/mol. The lowest BCUT2D eigenvalue weighted by Crippen LogP contribution is -2.26. The molecule has 0 atom stereocenters. The molecule has 0 unspecified atom stereocenters. The second kappa shape index (κ2) is 8.04. The Morgan fingerprint density at radius 2 is 1.61 bits per heavy atom. The topological polar surface area (TPSA) is 63.7 Å². The average Bonchev–Trinajstić information content (AvgIpc) is 2.68. The van der Waals surface area contributed by atoms with E-state index in [4.69, 9.17) is 16.3 Å². The molecule has 0 aliphatic rings. The van der Waals surface area contributed by atoms with Crippen LogP contribution in [0, 0.1) is 6.92 Å². The molecule has 0 radical (unpaired) electrons. The highest BCUT2D eigenvalue weighted by Crippen LogP contribution is 2.25. The maximum atomic E-state index is 12.8. The molecule has 0 N–H and O–H groups in total. The largest absolute Gasteiger partial charge is 0.423 e. The monoisotopic (exact) mass is 415 g/mol. The van der Waals surface area contributed by atoms with Crippen LogP contribution in [0.1, 0.15) is 15.9 Å². The number of rotatable bonds is 5. The summed E-state index contributed by atoms with van der Waals surface area (Å²) in [6, 6.07) is 19.3. The van der Waals surface area contributed by atoms with Crippen LogP contribution in [0.4, 0.5) is 5.69 Å². The first kappa shape index (κ1) is 19.9. The van der Waals surface area contributed by atoms with Gasteiger partial charge < -0.3 is 4.74 Å². The van der Waals surface area contributed by atoms with Crippen LogP contribution in [0.5, 0.6) is 5.75 Å². The van der Waals surface area contributed by atoms with E-state index in [-0.39, 0.29) is 4.90 Å². The zero-order chi connectivity index (χ0) is 20.3. The van der Waals surface area contributed by atoms with Crippen LogP contribution in [-0.2, 0) is 10.0 Å². The number of halogens is 1. The zero-order valence-corrected chi connectivity index (χ0v) is 16.9. The fourth-order valence-corrected chi connectivity index (χ4v) is 3.90. The smallest absolute Gasteiger partial charge is 0.343 e. The van der Waals surface area contributed by atoms with Crippen LogP contribution >= 0.6 is 11.6 Å². The van der Waals surface area contributed by atoms with Gasteiger partial charge in [0, 0.05) is 12.1 Å². The molecule has 3 aromatic rings. The Balaban J connectivity index is 1.76. The molecule has 3 aromatic carbocycles. The minimum absolute atomic E-state index is 0.206. The summed E-state index contributed by atoms with van der Waals surface area (Å²) >= 11 is 5.88. The molecule has 0 spiro atoms. The van der Waals surface area contributed by atoms with Crippen molar-refractivity contribution in [2.24, 2.45) is 0 Å². The van der Waals surface area contributed by atoms with Gasteiger partial charge in [-0.25, -0.2) is 13.2 Å². The molecule has 144 valence electrons. The van der Waals surface area contributed by atoms with Crippen LogP contribution in [0.3, 0.4) is 0 Å². The fraction of sp³-hybridized carbons (Fsp3) is 0.0952. The van der Waals surface area contributed by atoms with Crippen molar-refractivity contribution in [3.63, 3.8) is 0 Å². The number of nitrogens with zero attached hydrogens (tertiary/aromatic N) is 1. The summed E-state index contributed by atoms with van der Waals surface area (Å²) in [7, 11) is -2.21. The van der Waals surface area contributed by atoms with Crippen molar-refractivity contribution in [2.75, 3.05) is 11.4 Å². The summed E-state index contributed by atoms with van der Waals surface area (Å²) in [5.74, 6) is -0.245. The van der Waals surface area contributed by atoms with Gasteiger partial charge >= 0.3 is 5.97 Å².